The fraction of sp³-hybridized carbons (Fsp3) is 0.400. The van der Waals surface area contributed by atoms with Gasteiger partial charge in [-0.3, -0.25) is 0 Å². The third-order valence-corrected chi connectivity index (χ3v) is 3.54. The van der Waals surface area contributed by atoms with Gasteiger partial charge >= 0.3 is 0 Å². The van der Waals surface area contributed by atoms with Crippen LogP contribution in [-0.2, 0) is 0 Å². The Kier molecular flexibility index (Phi) is 1.99. The van der Waals surface area contributed by atoms with Crippen LogP contribution < -0.4 is 5.32 Å². The van der Waals surface area contributed by atoms with E-state index in [0.717, 1.165) is 16.3 Å². The summed E-state index contributed by atoms with van der Waals surface area (Å²) in [6.45, 7) is 4.24. The third kappa shape index (κ3) is 1.80. The molecule has 0 aliphatic carbocycles. The van der Waals surface area contributed by atoms with Crippen molar-refractivity contribution in [3.8, 4) is 0 Å². The van der Waals surface area contributed by atoms with Crippen LogP contribution in [0.25, 0.3) is 0 Å². The predicted octanol–water partition coefficient (Wildman–Crippen LogP) is 3.12. The lowest BCUT2D eigenvalue weighted by Crippen LogP contribution is -2.36. The summed E-state index contributed by atoms with van der Waals surface area (Å²) in [5, 5.41) is 3.32. The number of nitrogens with one attached hydrogen (secondary N) is 1. The molecule has 0 unspecified atom stereocenters. The Morgan fingerprint density at radius 3 is 3.00 bits per heavy atom. The minimum Gasteiger partial charge on any atom is -0.378 e. The molecule has 1 aromatic rings. The molecule has 1 aliphatic heterocycles. The molecule has 0 aromatic heterocycles. The minimum absolute atomic E-state index is 0.0610. The van der Waals surface area contributed by atoms with E-state index in [1.54, 1.807) is 17.8 Å². The fourth-order valence-electron chi connectivity index (χ4n) is 1.38. The van der Waals surface area contributed by atoms with Crippen molar-refractivity contribution in [1.82, 2.24) is 0 Å². The van der Waals surface area contributed by atoms with Gasteiger partial charge in [0.1, 0.15) is 5.82 Å². The maximum absolute atomic E-state index is 12.9. The summed E-state index contributed by atoms with van der Waals surface area (Å²) in [4.78, 5) is 1.14. The number of thioether (sulfide) groups is 1. The summed E-state index contributed by atoms with van der Waals surface area (Å²) in [6, 6.07) is 4.90. The average molecular weight is 197 g/mol. The molecule has 0 saturated carbocycles. The average Bonchev–Trinajstić information content (AvgIpc) is 2.01. The molecule has 13 heavy (non-hydrogen) atoms. The predicted molar refractivity (Wildman–Crippen MR) is 54.8 cm³/mol. The monoisotopic (exact) mass is 197 g/mol. The van der Waals surface area contributed by atoms with Gasteiger partial charge in [0.25, 0.3) is 0 Å². The quantitative estimate of drug-likeness (QED) is 0.685. The highest BCUT2D eigenvalue weighted by molar-refractivity contribution is 7.99. The molecule has 0 atom stereocenters. The van der Waals surface area contributed by atoms with E-state index in [-0.39, 0.29) is 11.4 Å². The summed E-state index contributed by atoms with van der Waals surface area (Å²) in [5.74, 6) is 0.843. The van der Waals surface area contributed by atoms with Crippen LogP contribution in [0.1, 0.15) is 13.8 Å². The fourth-order valence-corrected chi connectivity index (χ4v) is 2.40. The number of hydrogen-bond donors (Lipinski definition) is 1. The van der Waals surface area contributed by atoms with Crippen LogP contribution in [0.3, 0.4) is 0 Å². The van der Waals surface area contributed by atoms with Crippen molar-refractivity contribution in [3.63, 3.8) is 0 Å². The molecule has 1 aromatic carbocycles. The Hall–Kier alpha value is -0.700. The number of halogens is 1. The van der Waals surface area contributed by atoms with Crippen molar-refractivity contribution in [2.24, 2.45) is 0 Å². The normalized spacial score (nSPS) is 19.0. The lowest BCUT2D eigenvalue weighted by atomic mass is 10.1. The summed E-state index contributed by atoms with van der Waals surface area (Å²) in [6.07, 6.45) is 0. The molecule has 3 heteroatoms. The summed E-state index contributed by atoms with van der Waals surface area (Å²) in [5.41, 5.74) is 0.979. The Balaban J connectivity index is 2.38. The molecule has 1 aliphatic rings. The van der Waals surface area contributed by atoms with Gasteiger partial charge in [-0.15, -0.1) is 11.8 Å². The van der Waals surface area contributed by atoms with E-state index in [1.165, 1.54) is 6.07 Å². The smallest absolute Gasteiger partial charge is 0.125 e. The van der Waals surface area contributed by atoms with Crippen LogP contribution in [-0.4, -0.2) is 11.3 Å². The van der Waals surface area contributed by atoms with Crippen molar-refractivity contribution in [1.29, 1.82) is 0 Å². The largest absolute Gasteiger partial charge is 0.378 e. The van der Waals surface area contributed by atoms with E-state index >= 15 is 0 Å². The molecule has 2 rings (SSSR count). The van der Waals surface area contributed by atoms with Gasteiger partial charge in [-0.05, 0) is 32.0 Å². The maximum atomic E-state index is 12.9. The van der Waals surface area contributed by atoms with E-state index in [2.05, 4.69) is 19.2 Å². The number of anilines is 1. The standard InChI is InChI=1S/C10H12FNS/c1-10(2)6-13-9-4-3-7(11)5-8(9)12-10/h3-5,12H,6H2,1-2H3. The van der Waals surface area contributed by atoms with Gasteiger partial charge < -0.3 is 5.32 Å². The van der Waals surface area contributed by atoms with Gasteiger partial charge in [0.05, 0.1) is 5.69 Å². The Bertz CT molecular complexity index is 336. The van der Waals surface area contributed by atoms with Crippen LogP contribution in [0.5, 0.6) is 0 Å². The van der Waals surface area contributed by atoms with Crippen molar-refractivity contribution in [2.45, 2.75) is 24.3 Å². The molecule has 0 spiro atoms. The van der Waals surface area contributed by atoms with Crippen LogP contribution in [0, 0.1) is 5.82 Å². The topological polar surface area (TPSA) is 12.0 Å². The molecule has 0 fully saturated rings. The molecule has 0 amide bonds. The molecule has 0 radical (unpaired) electrons. The highest BCUT2D eigenvalue weighted by Crippen LogP contribution is 2.37. The lowest BCUT2D eigenvalue weighted by molar-refractivity contribution is 0.615. The molecule has 1 nitrogen and oxygen atoms in total. The number of hydrogen-bond acceptors (Lipinski definition) is 2. The summed E-state index contributed by atoms with van der Waals surface area (Å²) >= 11 is 1.78. The van der Waals surface area contributed by atoms with E-state index in [9.17, 15) is 4.39 Å². The Morgan fingerprint density at radius 1 is 1.46 bits per heavy atom. The van der Waals surface area contributed by atoms with Gasteiger partial charge in [0, 0.05) is 16.2 Å². The molecule has 1 heterocycles. The number of benzene rings is 1. The molecule has 0 bridgehead atoms. The first kappa shape index (κ1) is 8.88. The van der Waals surface area contributed by atoms with Gasteiger partial charge in [0.15, 0.2) is 0 Å². The van der Waals surface area contributed by atoms with Crippen molar-refractivity contribution in [3.05, 3.63) is 24.0 Å². The second-order valence-corrected chi connectivity index (χ2v) is 4.96. The zero-order valence-corrected chi connectivity index (χ0v) is 8.54. The highest BCUT2D eigenvalue weighted by Gasteiger charge is 2.24. The van der Waals surface area contributed by atoms with E-state index in [1.807, 2.05) is 6.07 Å². The molecular weight excluding hydrogens is 185 g/mol. The van der Waals surface area contributed by atoms with Crippen LogP contribution >= 0.6 is 11.8 Å². The first-order valence-electron chi connectivity index (χ1n) is 4.27. The second kappa shape index (κ2) is 2.91. The van der Waals surface area contributed by atoms with Gasteiger partial charge in [-0.2, -0.15) is 0 Å². The highest BCUT2D eigenvalue weighted by atomic mass is 32.2. The summed E-state index contributed by atoms with van der Waals surface area (Å²) < 4.78 is 12.9. The molecule has 1 N–H and O–H groups in total. The van der Waals surface area contributed by atoms with Gasteiger partial charge in [-0.1, -0.05) is 0 Å². The maximum Gasteiger partial charge on any atom is 0.125 e. The minimum atomic E-state index is -0.176. The zero-order chi connectivity index (χ0) is 9.47. The van der Waals surface area contributed by atoms with Crippen molar-refractivity contribution < 1.29 is 4.39 Å². The molecule has 70 valence electrons. The molecular formula is C10H12FNS. The van der Waals surface area contributed by atoms with E-state index in [0.29, 0.717) is 0 Å². The Morgan fingerprint density at radius 2 is 2.23 bits per heavy atom. The van der Waals surface area contributed by atoms with Crippen LogP contribution in [0.15, 0.2) is 23.1 Å². The van der Waals surface area contributed by atoms with Crippen LogP contribution in [0.2, 0.25) is 0 Å². The number of fused-ring (bicyclic) bond motifs is 1. The van der Waals surface area contributed by atoms with Crippen molar-refractivity contribution in [2.75, 3.05) is 11.1 Å². The first-order valence-corrected chi connectivity index (χ1v) is 5.26. The van der Waals surface area contributed by atoms with Gasteiger partial charge in [0.2, 0.25) is 0 Å². The molecule has 0 saturated heterocycles. The SMILES string of the molecule is CC1(C)CSc2ccc(F)cc2N1. The second-order valence-electron chi connectivity index (χ2n) is 3.94. The number of rotatable bonds is 0. The van der Waals surface area contributed by atoms with Crippen molar-refractivity contribution >= 4 is 17.4 Å². The first-order chi connectivity index (χ1) is 6.07. The zero-order valence-electron chi connectivity index (χ0n) is 7.73. The van der Waals surface area contributed by atoms with Crippen LogP contribution in [0.4, 0.5) is 10.1 Å². The van der Waals surface area contributed by atoms with Gasteiger partial charge in [-0.25, -0.2) is 4.39 Å². The summed E-state index contributed by atoms with van der Waals surface area (Å²) in [7, 11) is 0. The Labute approximate surface area is 81.7 Å². The lowest BCUT2D eigenvalue weighted by Gasteiger charge is -2.33. The third-order valence-electron chi connectivity index (χ3n) is 2.00. The van der Waals surface area contributed by atoms with E-state index in [4.69, 9.17) is 0 Å². The van der Waals surface area contributed by atoms with E-state index < -0.39 is 0 Å².